The number of nitrogens with one attached hydrogen (secondary N) is 2. The van der Waals surface area contributed by atoms with E-state index in [1.165, 1.54) is 0 Å². The highest BCUT2D eigenvalue weighted by atomic mass is 35.5. The number of ether oxygens (including phenoxy) is 1. The topological polar surface area (TPSA) is 86.1 Å². The van der Waals surface area contributed by atoms with Crippen molar-refractivity contribution in [1.82, 2.24) is 20.8 Å². The molecule has 3 aliphatic rings. The van der Waals surface area contributed by atoms with Crippen molar-refractivity contribution in [2.24, 2.45) is 5.92 Å². The van der Waals surface area contributed by atoms with Crippen molar-refractivity contribution in [3.63, 3.8) is 0 Å². The number of hydrogen-bond donors (Lipinski definition) is 2. The molecular formula is C24H27Cl3N6O. The number of nitrogens with zero attached hydrogens (tertiary/aromatic N) is 4. The van der Waals surface area contributed by atoms with E-state index in [-0.39, 0.29) is 35.6 Å². The largest absolute Gasteiger partial charge is 0.369 e. The Morgan fingerprint density at radius 1 is 1.21 bits per heavy atom. The van der Waals surface area contributed by atoms with Crippen LogP contribution >= 0.6 is 34.8 Å². The van der Waals surface area contributed by atoms with Gasteiger partial charge in [-0.05, 0) is 50.7 Å². The minimum atomic E-state index is -0.323. The van der Waals surface area contributed by atoms with Crippen molar-refractivity contribution in [2.75, 3.05) is 11.4 Å². The van der Waals surface area contributed by atoms with E-state index in [0.29, 0.717) is 21.7 Å². The molecule has 0 amide bonds. The van der Waals surface area contributed by atoms with Gasteiger partial charge in [0.05, 0.1) is 39.2 Å². The molecule has 2 aliphatic heterocycles. The van der Waals surface area contributed by atoms with Crippen LogP contribution in [0.1, 0.15) is 61.9 Å². The molecule has 2 aromatic rings. The molecule has 2 N–H and O–H groups in total. The van der Waals surface area contributed by atoms with Gasteiger partial charge >= 0.3 is 0 Å². The standard InChI is InChI=1S/C24H27Cl3N6O/c1-12-3-4-33(12)24-14(8-28)5-15(9-30-24)23-16-6-21(17(25)7-20(16)31-32-23)34-13(2)22-18(26)10-29-11-19(22)27/h5,9-13,16-17,20-21,23,31-32H,3-4,6-7H2,1-2H3/t12-,13+,16?,17?,20?,21?,23?/m0/s1. The second-order valence-electron chi connectivity index (χ2n) is 9.44. The van der Waals surface area contributed by atoms with Gasteiger partial charge in [-0.15, -0.1) is 11.6 Å². The van der Waals surface area contributed by atoms with Gasteiger partial charge in [-0.25, -0.2) is 10.4 Å². The summed E-state index contributed by atoms with van der Waals surface area (Å²) in [4.78, 5) is 10.9. The number of rotatable bonds is 5. The van der Waals surface area contributed by atoms with E-state index >= 15 is 0 Å². The van der Waals surface area contributed by atoms with Crippen LogP contribution in [0.5, 0.6) is 0 Å². The highest BCUT2D eigenvalue weighted by molar-refractivity contribution is 6.35. The van der Waals surface area contributed by atoms with Gasteiger partial charge in [-0.2, -0.15) is 5.26 Å². The number of pyridine rings is 2. The Bertz CT molecular complexity index is 1090. The molecule has 10 heteroatoms. The zero-order valence-corrected chi connectivity index (χ0v) is 21.3. The molecule has 7 nitrogen and oxygen atoms in total. The van der Waals surface area contributed by atoms with Crippen molar-refractivity contribution < 1.29 is 4.74 Å². The van der Waals surface area contributed by atoms with Gasteiger partial charge in [0.1, 0.15) is 11.9 Å². The van der Waals surface area contributed by atoms with Gasteiger partial charge in [0.25, 0.3) is 0 Å². The fourth-order valence-corrected chi connectivity index (χ4v) is 6.41. The van der Waals surface area contributed by atoms with Crippen molar-refractivity contribution in [2.45, 2.75) is 68.8 Å². The Morgan fingerprint density at radius 3 is 2.62 bits per heavy atom. The third-order valence-electron chi connectivity index (χ3n) is 7.39. The first-order valence-corrected chi connectivity index (χ1v) is 12.8. The third-order valence-corrected chi connectivity index (χ3v) is 8.45. The predicted molar refractivity (Wildman–Crippen MR) is 133 cm³/mol. The van der Waals surface area contributed by atoms with Gasteiger partial charge in [-0.3, -0.25) is 10.4 Å². The van der Waals surface area contributed by atoms with Gasteiger partial charge in [-0.1, -0.05) is 23.2 Å². The minimum absolute atomic E-state index is 0.00568. The van der Waals surface area contributed by atoms with Crippen LogP contribution in [0.15, 0.2) is 24.7 Å². The average molecular weight is 522 g/mol. The third kappa shape index (κ3) is 4.37. The highest BCUT2D eigenvalue weighted by Gasteiger charge is 2.45. The van der Waals surface area contributed by atoms with Gasteiger partial charge in [0.2, 0.25) is 0 Å². The lowest BCUT2D eigenvalue weighted by Gasteiger charge is -2.40. The van der Waals surface area contributed by atoms with Crippen LogP contribution in [0.3, 0.4) is 0 Å². The van der Waals surface area contributed by atoms with E-state index in [1.807, 2.05) is 19.2 Å². The molecule has 2 aromatic heterocycles. The molecule has 180 valence electrons. The number of anilines is 1. The quantitative estimate of drug-likeness (QED) is 0.539. The molecule has 1 saturated carbocycles. The molecule has 5 rings (SSSR count). The Kier molecular flexibility index (Phi) is 6.91. The SMILES string of the molecule is C[C@@H](OC1CC2C(CC1Cl)NNC2c1cnc(N2CC[C@@H]2C)c(C#N)c1)c1c(Cl)cncc1Cl. The molecule has 1 aliphatic carbocycles. The fourth-order valence-electron chi connectivity index (χ4n) is 5.38. The molecule has 0 radical (unpaired) electrons. The average Bonchev–Trinajstić information content (AvgIpc) is 3.21. The first-order chi connectivity index (χ1) is 16.4. The molecule has 3 fully saturated rings. The van der Waals surface area contributed by atoms with E-state index in [2.05, 4.69) is 38.7 Å². The first kappa shape index (κ1) is 24.1. The summed E-state index contributed by atoms with van der Waals surface area (Å²) in [6, 6.07) is 4.94. The Balaban J connectivity index is 1.34. The van der Waals surface area contributed by atoms with E-state index in [1.54, 1.807) is 12.4 Å². The lowest BCUT2D eigenvalue weighted by molar-refractivity contribution is -0.0343. The van der Waals surface area contributed by atoms with Crippen molar-refractivity contribution >= 4 is 40.6 Å². The van der Waals surface area contributed by atoms with Gasteiger partial charge in [0.15, 0.2) is 0 Å². The number of hydrazine groups is 1. The number of fused-ring (bicyclic) bond motifs is 1. The van der Waals surface area contributed by atoms with Gasteiger partial charge < -0.3 is 9.64 Å². The lowest BCUT2D eigenvalue weighted by Crippen LogP contribution is -2.46. The van der Waals surface area contributed by atoms with Crippen molar-refractivity contribution in [3.05, 3.63) is 51.4 Å². The monoisotopic (exact) mass is 520 g/mol. The van der Waals surface area contributed by atoms with Crippen LogP contribution in [0, 0.1) is 17.2 Å². The second kappa shape index (κ2) is 9.77. The second-order valence-corrected chi connectivity index (χ2v) is 10.8. The van der Waals surface area contributed by atoms with Crippen LogP contribution in [-0.2, 0) is 4.74 Å². The molecule has 34 heavy (non-hydrogen) atoms. The maximum Gasteiger partial charge on any atom is 0.146 e. The summed E-state index contributed by atoms with van der Waals surface area (Å²) >= 11 is 19.4. The molecule has 4 heterocycles. The zero-order valence-electron chi connectivity index (χ0n) is 19.0. The lowest BCUT2D eigenvalue weighted by atomic mass is 9.78. The summed E-state index contributed by atoms with van der Waals surface area (Å²) in [6.07, 6.45) is 7.18. The number of aromatic nitrogens is 2. The van der Waals surface area contributed by atoms with Crippen molar-refractivity contribution in [3.8, 4) is 6.07 Å². The fraction of sp³-hybridized carbons (Fsp3) is 0.542. The van der Waals surface area contributed by atoms with Crippen LogP contribution in [0.25, 0.3) is 0 Å². The van der Waals surface area contributed by atoms with Crippen LogP contribution in [0.2, 0.25) is 10.0 Å². The van der Waals surface area contributed by atoms with E-state index in [4.69, 9.17) is 39.5 Å². The molecule has 5 unspecified atom stereocenters. The Hall–Kier alpha value is -1.66. The molecular weight excluding hydrogens is 495 g/mol. The number of halogens is 3. The Morgan fingerprint density at radius 2 is 1.97 bits per heavy atom. The number of nitriles is 1. The Labute approximate surface area is 214 Å². The number of alkyl halides is 1. The summed E-state index contributed by atoms with van der Waals surface area (Å²) in [5.74, 6) is 1.01. The molecule has 0 bridgehead atoms. The summed E-state index contributed by atoms with van der Waals surface area (Å²) in [5.41, 5.74) is 9.16. The van der Waals surface area contributed by atoms with Crippen molar-refractivity contribution in [1.29, 1.82) is 5.26 Å². The van der Waals surface area contributed by atoms with E-state index in [9.17, 15) is 5.26 Å². The van der Waals surface area contributed by atoms with E-state index < -0.39 is 0 Å². The minimum Gasteiger partial charge on any atom is -0.369 e. The summed E-state index contributed by atoms with van der Waals surface area (Å²) in [5, 5.41) is 10.6. The van der Waals surface area contributed by atoms with Crippen LogP contribution in [-0.4, -0.2) is 40.1 Å². The molecule has 2 saturated heterocycles. The first-order valence-electron chi connectivity index (χ1n) is 11.6. The zero-order chi connectivity index (χ0) is 24.0. The van der Waals surface area contributed by atoms with Gasteiger partial charge in [0, 0.05) is 42.8 Å². The molecule has 0 aromatic carbocycles. The normalized spacial score (nSPS) is 31.5. The molecule has 7 atom stereocenters. The van der Waals surface area contributed by atoms with E-state index in [0.717, 1.165) is 42.8 Å². The summed E-state index contributed by atoms with van der Waals surface area (Å²) in [6.45, 7) is 5.03. The molecule has 0 spiro atoms. The smallest absolute Gasteiger partial charge is 0.146 e. The predicted octanol–water partition coefficient (Wildman–Crippen LogP) is 4.93. The highest BCUT2D eigenvalue weighted by Crippen LogP contribution is 2.43. The maximum atomic E-state index is 9.79. The number of hydrogen-bond acceptors (Lipinski definition) is 7. The van der Waals surface area contributed by atoms with Crippen LogP contribution < -0.4 is 15.8 Å². The maximum absolute atomic E-state index is 9.79. The summed E-state index contributed by atoms with van der Waals surface area (Å²) < 4.78 is 6.41. The summed E-state index contributed by atoms with van der Waals surface area (Å²) in [7, 11) is 0. The van der Waals surface area contributed by atoms with Crippen LogP contribution in [0.4, 0.5) is 5.82 Å².